The highest BCUT2D eigenvalue weighted by Crippen LogP contribution is 2.44. The van der Waals surface area contributed by atoms with Crippen LogP contribution in [0.25, 0.3) is 11.1 Å². The van der Waals surface area contributed by atoms with Gasteiger partial charge in [-0.15, -0.1) is 0 Å². The number of rotatable bonds is 9. The molecule has 0 saturated heterocycles. The summed E-state index contributed by atoms with van der Waals surface area (Å²) in [6.45, 7) is 2.14. The molecular weight excluding hydrogens is 444 g/mol. The highest BCUT2D eigenvalue weighted by Gasteiger charge is 2.29. The summed E-state index contributed by atoms with van der Waals surface area (Å²) in [5.41, 5.74) is 5.18. The summed E-state index contributed by atoms with van der Waals surface area (Å²) >= 11 is 0. The normalized spacial score (nSPS) is 12.8. The van der Waals surface area contributed by atoms with Crippen LogP contribution < -0.4 is 10.6 Å². The Morgan fingerprint density at radius 2 is 1.60 bits per heavy atom. The largest absolute Gasteiger partial charge is 0.480 e. The van der Waals surface area contributed by atoms with Crippen LogP contribution >= 0.6 is 0 Å². The molecule has 4 rings (SSSR count). The van der Waals surface area contributed by atoms with E-state index in [9.17, 15) is 19.5 Å². The smallest absolute Gasteiger partial charge is 0.411 e. The molecule has 3 aromatic carbocycles. The number of unbranched alkanes of at least 4 members (excludes halogenated alkanes) is 1. The minimum atomic E-state index is -1.07. The molecular formula is C28H28N2O5. The summed E-state index contributed by atoms with van der Waals surface area (Å²) in [7, 11) is 0. The lowest BCUT2D eigenvalue weighted by Gasteiger charge is -2.15. The predicted molar refractivity (Wildman–Crippen MR) is 134 cm³/mol. The van der Waals surface area contributed by atoms with Crippen LogP contribution in [0.5, 0.6) is 0 Å². The summed E-state index contributed by atoms with van der Waals surface area (Å²) < 4.78 is 5.56. The number of carboxylic acids is 1. The van der Waals surface area contributed by atoms with Gasteiger partial charge in [0.2, 0.25) is 0 Å². The van der Waals surface area contributed by atoms with Crippen LogP contribution in [0.3, 0.4) is 0 Å². The van der Waals surface area contributed by atoms with Gasteiger partial charge in [0.25, 0.3) is 5.91 Å². The van der Waals surface area contributed by atoms with Crippen LogP contribution in [-0.2, 0) is 9.53 Å². The number of ether oxygens (including phenoxy) is 1. The first-order valence-corrected chi connectivity index (χ1v) is 11.7. The molecule has 3 aromatic rings. The van der Waals surface area contributed by atoms with Crippen molar-refractivity contribution in [2.45, 2.75) is 38.1 Å². The lowest BCUT2D eigenvalue weighted by Crippen LogP contribution is -2.40. The molecule has 7 nitrogen and oxygen atoms in total. The van der Waals surface area contributed by atoms with Crippen LogP contribution in [0, 0.1) is 0 Å². The van der Waals surface area contributed by atoms with Gasteiger partial charge in [-0.2, -0.15) is 0 Å². The van der Waals surface area contributed by atoms with E-state index in [1.807, 2.05) is 43.3 Å². The summed E-state index contributed by atoms with van der Waals surface area (Å²) in [6.07, 6.45) is 1.26. The Morgan fingerprint density at radius 1 is 0.943 bits per heavy atom. The molecule has 0 aromatic heterocycles. The number of hydrogen-bond donors (Lipinski definition) is 3. The SMILES string of the molecule is CCCCC(NC(=O)c1cccc(NC(=O)OCC2c3ccccc3-c3ccccc32)c1)C(=O)O. The number of benzene rings is 3. The van der Waals surface area contributed by atoms with E-state index < -0.39 is 24.0 Å². The fourth-order valence-corrected chi connectivity index (χ4v) is 4.40. The zero-order valence-electron chi connectivity index (χ0n) is 19.5. The van der Waals surface area contributed by atoms with E-state index in [-0.39, 0.29) is 18.1 Å². The third-order valence-corrected chi connectivity index (χ3v) is 6.16. The molecule has 0 aliphatic heterocycles. The van der Waals surface area contributed by atoms with Gasteiger partial charge >= 0.3 is 12.1 Å². The molecule has 0 fully saturated rings. The van der Waals surface area contributed by atoms with Gasteiger partial charge in [0.15, 0.2) is 0 Å². The molecule has 0 bridgehead atoms. The average molecular weight is 473 g/mol. The first kappa shape index (κ1) is 24.0. The Hall–Kier alpha value is -4.13. The molecule has 1 unspecified atom stereocenters. The van der Waals surface area contributed by atoms with Crippen molar-refractivity contribution in [1.29, 1.82) is 0 Å². The van der Waals surface area contributed by atoms with Gasteiger partial charge < -0.3 is 15.2 Å². The van der Waals surface area contributed by atoms with Crippen molar-refractivity contribution in [3.63, 3.8) is 0 Å². The number of anilines is 1. The van der Waals surface area contributed by atoms with Gasteiger partial charge in [0.1, 0.15) is 12.6 Å². The molecule has 1 atom stereocenters. The molecule has 0 radical (unpaired) electrons. The lowest BCUT2D eigenvalue weighted by molar-refractivity contribution is -0.139. The molecule has 3 N–H and O–H groups in total. The Balaban J connectivity index is 1.38. The monoisotopic (exact) mass is 472 g/mol. The number of carbonyl (C=O) groups excluding carboxylic acids is 2. The standard InChI is InChI=1S/C28H28N2O5/c1-2-3-15-25(27(32)33)30-26(31)18-9-8-10-19(16-18)29-28(34)35-17-24-22-13-6-4-11-20(22)21-12-5-7-14-23(21)24/h4-14,16,24-25H,2-3,15,17H2,1H3,(H,29,34)(H,30,31)(H,32,33). The summed E-state index contributed by atoms with van der Waals surface area (Å²) in [5.74, 6) is -1.63. The molecule has 0 heterocycles. The summed E-state index contributed by atoms with van der Waals surface area (Å²) in [5, 5.41) is 14.6. The van der Waals surface area contributed by atoms with E-state index in [0.29, 0.717) is 18.5 Å². The maximum atomic E-state index is 12.6. The number of amides is 2. The average Bonchev–Trinajstić information content (AvgIpc) is 3.19. The molecule has 1 aliphatic rings. The minimum absolute atomic E-state index is 0.0543. The van der Waals surface area contributed by atoms with Gasteiger partial charge in [0.05, 0.1) is 0 Å². The third-order valence-electron chi connectivity index (χ3n) is 6.16. The number of carbonyl (C=O) groups is 3. The fraction of sp³-hybridized carbons (Fsp3) is 0.250. The van der Waals surface area contributed by atoms with Crippen molar-refractivity contribution in [2.75, 3.05) is 11.9 Å². The highest BCUT2D eigenvalue weighted by atomic mass is 16.5. The van der Waals surface area contributed by atoms with E-state index in [1.165, 1.54) is 6.07 Å². The maximum absolute atomic E-state index is 12.6. The Kier molecular flexibility index (Phi) is 7.45. The van der Waals surface area contributed by atoms with Gasteiger partial charge in [-0.05, 0) is 46.9 Å². The first-order valence-electron chi connectivity index (χ1n) is 11.7. The van der Waals surface area contributed by atoms with E-state index in [2.05, 4.69) is 22.8 Å². The van der Waals surface area contributed by atoms with Gasteiger partial charge in [-0.1, -0.05) is 74.4 Å². The highest BCUT2D eigenvalue weighted by molar-refractivity contribution is 5.98. The van der Waals surface area contributed by atoms with E-state index in [4.69, 9.17) is 4.74 Å². The van der Waals surface area contributed by atoms with Crippen LogP contribution in [0.1, 0.15) is 53.6 Å². The lowest BCUT2D eigenvalue weighted by atomic mass is 9.98. The molecule has 0 saturated carbocycles. The van der Waals surface area contributed by atoms with E-state index >= 15 is 0 Å². The topological polar surface area (TPSA) is 105 Å². The van der Waals surface area contributed by atoms with Crippen molar-refractivity contribution in [2.24, 2.45) is 0 Å². The number of fused-ring (bicyclic) bond motifs is 3. The van der Waals surface area contributed by atoms with Crippen molar-refractivity contribution in [3.8, 4) is 11.1 Å². The number of carboxylic acid groups (broad SMARTS) is 1. The van der Waals surface area contributed by atoms with Gasteiger partial charge in [-0.3, -0.25) is 10.1 Å². The summed E-state index contributed by atoms with van der Waals surface area (Å²) in [6, 6.07) is 21.6. The third kappa shape index (κ3) is 5.51. The zero-order chi connectivity index (χ0) is 24.8. The van der Waals surface area contributed by atoms with E-state index in [0.717, 1.165) is 28.7 Å². The number of nitrogens with one attached hydrogen (secondary N) is 2. The molecule has 2 amide bonds. The van der Waals surface area contributed by atoms with Crippen LogP contribution in [0.2, 0.25) is 0 Å². The number of hydrogen-bond acceptors (Lipinski definition) is 4. The van der Waals surface area contributed by atoms with Crippen molar-refractivity contribution >= 4 is 23.7 Å². The molecule has 1 aliphatic carbocycles. The predicted octanol–water partition coefficient (Wildman–Crippen LogP) is 5.42. The Labute approximate surface area is 204 Å². The zero-order valence-corrected chi connectivity index (χ0v) is 19.5. The first-order chi connectivity index (χ1) is 17.0. The van der Waals surface area contributed by atoms with Crippen molar-refractivity contribution < 1.29 is 24.2 Å². The molecule has 35 heavy (non-hydrogen) atoms. The summed E-state index contributed by atoms with van der Waals surface area (Å²) in [4.78, 5) is 36.6. The maximum Gasteiger partial charge on any atom is 0.411 e. The van der Waals surface area contributed by atoms with Crippen LogP contribution in [0.15, 0.2) is 72.8 Å². The Morgan fingerprint density at radius 3 is 2.23 bits per heavy atom. The molecule has 0 spiro atoms. The van der Waals surface area contributed by atoms with Gasteiger partial charge in [0, 0.05) is 17.2 Å². The van der Waals surface area contributed by atoms with E-state index in [1.54, 1.807) is 18.2 Å². The van der Waals surface area contributed by atoms with Crippen LogP contribution in [0.4, 0.5) is 10.5 Å². The molecule has 7 heteroatoms. The van der Waals surface area contributed by atoms with Crippen LogP contribution in [-0.4, -0.2) is 35.7 Å². The second kappa shape index (κ2) is 10.9. The van der Waals surface area contributed by atoms with Crippen molar-refractivity contribution in [3.05, 3.63) is 89.5 Å². The van der Waals surface area contributed by atoms with Gasteiger partial charge in [-0.25, -0.2) is 9.59 Å². The number of aliphatic carboxylic acids is 1. The Bertz CT molecular complexity index is 1190. The van der Waals surface area contributed by atoms with Crippen molar-refractivity contribution in [1.82, 2.24) is 5.32 Å². The second-order valence-electron chi connectivity index (χ2n) is 8.54. The molecule has 180 valence electrons. The minimum Gasteiger partial charge on any atom is -0.480 e. The fourth-order valence-electron chi connectivity index (χ4n) is 4.40. The quantitative estimate of drug-likeness (QED) is 0.386. The second-order valence-corrected chi connectivity index (χ2v) is 8.54.